The Kier molecular flexibility index (Phi) is 5.66. The highest BCUT2D eigenvalue weighted by molar-refractivity contribution is 7.90. The van der Waals surface area contributed by atoms with Gasteiger partial charge in [-0.25, -0.2) is 13.1 Å². The maximum absolute atomic E-state index is 12.5. The first-order valence-corrected chi connectivity index (χ1v) is 9.30. The molecule has 1 amide bonds. The number of rotatable bonds is 6. The molecule has 24 heavy (non-hydrogen) atoms. The summed E-state index contributed by atoms with van der Waals surface area (Å²) in [5, 5.41) is 1.91. The number of alkyl halides is 3. The van der Waals surface area contributed by atoms with Crippen molar-refractivity contribution in [2.45, 2.75) is 30.3 Å². The van der Waals surface area contributed by atoms with Crippen LogP contribution in [-0.2, 0) is 27.4 Å². The number of thiophene rings is 1. The van der Waals surface area contributed by atoms with Gasteiger partial charge in [0.1, 0.15) is 0 Å². The Labute approximate surface area is 141 Å². The van der Waals surface area contributed by atoms with E-state index in [0.29, 0.717) is 25.0 Å². The molecule has 1 aromatic heterocycles. The molecule has 9 heteroatoms. The van der Waals surface area contributed by atoms with Gasteiger partial charge in [0.25, 0.3) is 10.0 Å². The van der Waals surface area contributed by atoms with Gasteiger partial charge in [0, 0.05) is 11.3 Å². The molecule has 0 aliphatic heterocycles. The fourth-order valence-corrected chi connectivity index (χ4v) is 3.73. The third-order valence-electron chi connectivity index (χ3n) is 3.15. The molecule has 1 aromatic carbocycles. The van der Waals surface area contributed by atoms with E-state index in [4.69, 9.17) is 0 Å². The average molecular weight is 377 g/mol. The van der Waals surface area contributed by atoms with Crippen LogP contribution in [0.1, 0.15) is 23.3 Å². The number of carbonyl (C=O) groups excluding carboxylic acids is 1. The Morgan fingerprint density at radius 1 is 1.12 bits per heavy atom. The van der Waals surface area contributed by atoms with Gasteiger partial charge in [-0.3, -0.25) is 4.79 Å². The first-order chi connectivity index (χ1) is 11.2. The fourth-order valence-electron chi connectivity index (χ4n) is 1.96. The number of nitrogens with one attached hydrogen (secondary N) is 1. The monoisotopic (exact) mass is 377 g/mol. The molecule has 2 aromatic rings. The molecular formula is C15H14F3NO3S2. The Morgan fingerprint density at radius 3 is 2.33 bits per heavy atom. The zero-order chi connectivity index (χ0) is 17.8. The van der Waals surface area contributed by atoms with Crippen LogP contribution in [0.2, 0.25) is 0 Å². The lowest BCUT2D eigenvalue weighted by Crippen LogP contribution is -2.30. The lowest BCUT2D eigenvalue weighted by atomic mass is 10.2. The van der Waals surface area contributed by atoms with E-state index in [1.807, 2.05) is 22.2 Å². The van der Waals surface area contributed by atoms with Crippen molar-refractivity contribution in [2.24, 2.45) is 0 Å². The van der Waals surface area contributed by atoms with Gasteiger partial charge in [0.2, 0.25) is 5.91 Å². The summed E-state index contributed by atoms with van der Waals surface area (Å²) in [7, 11) is -4.17. The van der Waals surface area contributed by atoms with Crippen molar-refractivity contribution >= 4 is 27.3 Å². The summed E-state index contributed by atoms with van der Waals surface area (Å²) in [4.78, 5) is 12.4. The van der Waals surface area contributed by atoms with Crippen molar-refractivity contribution in [2.75, 3.05) is 0 Å². The van der Waals surface area contributed by atoms with Gasteiger partial charge in [-0.15, -0.1) is 11.3 Å². The Morgan fingerprint density at radius 2 is 1.79 bits per heavy atom. The van der Waals surface area contributed by atoms with E-state index in [2.05, 4.69) is 0 Å². The second kappa shape index (κ2) is 7.35. The molecule has 0 aliphatic rings. The van der Waals surface area contributed by atoms with E-state index in [1.165, 1.54) is 0 Å². The van der Waals surface area contributed by atoms with Gasteiger partial charge in [-0.05, 0) is 48.6 Å². The lowest BCUT2D eigenvalue weighted by Gasteiger charge is -2.09. The zero-order valence-corrected chi connectivity index (χ0v) is 14.0. The number of halogens is 3. The summed E-state index contributed by atoms with van der Waals surface area (Å²) in [6, 6.07) is 6.77. The number of aryl methyl sites for hydroxylation is 1. The number of amides is 1. The Hall–Kier alpha value is -1.87. The predicted octanol–water partition coefficient (Wildman–Crippen LogP) is 3.59. The van der Waals surface area contributed by atoms with E-state index in [-0.39, 0.29) is 11.3 Å². The largest absolute Gasteiger partial charge is 0.416 e. The van der Waals surface area contributed by atoms with Crippen molar-refractivity contribution in [3.63, 3.8) is 0 Å². The molecule has 0 spiro atoms. The van der Waals surface area contributed by atoms with Crippen LogP contribution in [0.5, 0.6) is 0 Å². The molecule has 0 unspecified atom stereocenters. The highest BCUT2D eigenvalue weighted by atomic mass is 32.2. The van der Waals surface area contributed by atoms with E-state index in [0.717, 1.165) is 17.0 Å². The van der Waals surface area contributed by atoms with Crippen molar-refractivity contribution in [1.29, 1.82) is 0 Å². The van der Waals surface area contributed by atoms with Crippen LogP contribution in [0.25, 0.3) is 0 Å². The van der Waals surface area contributed by atoms with Crippen LogP contribution in [-0.4, -0.2) is 14.3 Å². The molecule has 0 saturated carbocycles. The van der Waals surface area contributed by atoms with E-state index < -0.39 is 27.7 Å². The van der Waals surface area contributed by atoms with Gasteiger partial charge < -0.3 is 0 Å². The Balaban J connectivity index is 1.93. The molecule has 0 bridgehead atoms. The maximum atomic E-state index is 12.5. The minimum atomic E-state index is -4.55. The Bertz CT molecular complexity index is 782. The topological polar surface area (TPSA) is 63.2 Å². The number of hydrogen-bond donors (Lipinski definition) is 1. The molecule has 0 fully saturated rings. The highest BCUT2D eigenvalue weighted by Crippen LogP contribution is 2.29. The molecule has 0 saturated heterocycles. The van der Waals surface area contributed by atoms with Crippen LogP contribution in [0, 0.1) is 0 Å². The fraction of sp³-hybridized carbons (Fsp3) is 0.267. The van der Waals surface area contributed by atoms with Crippen LogP contribution in [0.4, 0.5) is 13.2 Å². The third kappa shape index (κ3) is 5.07. The minimum Gasteiger partial charge on any atom is -0.274 e. The van der Waals surface area contributed by atoms with Crippen LogP contribution >= 0.6 is 11.3 Å². The number of benzene rings is 1. The molecule has 1 heterocycles. The summed E-state index contributed by atoms with van der Waals surface area (Å²) in [6.45, 7) is 0. The molecule has 0 atom stereocenters. The standard InChI is InChI=1S/C15H14F3NO3S2/c16-15(17,18)11-6-8-13(9-7-11)24(21,22)19-14(20)5-1-3-12-4-2-10-23-12/h2,4,6-10H,1,3,5H2,(H,19,20). The van der Waals surface area contributed by atoms with Gasteiger partial charge in [0.05, 0.1) is 10.5 Å². The molecule has 130 valence electrons. The van der Waals surface area contributed by atoms with Gasteiger partial charge >= 0.3 is 6.18 Å². The van der Waals surface area contributed by atoms with E-state index >= 15 is 0 Å². The predicted molar refractivity (Wildman–Crippen MR) is 84.0 cm³/mol. The van der Waals surface area contributed by atoms with Crippen molar-refractivity contribution in [1.82, 2.24) is 4.72 Å². The first kappa shape index (κ1) is 18.5. The second-order valence-corrected chi connectivity index (χ2v) is 7.70. The summed E-state index contributed by atoms with van der Waals surface area (Å²) >= 11 is 1.55. The SMILES string of the molecule is O=C(CCCc1cccs1)NS(=O)(=O)c1ccc(C(F)(F)F)cc1. The van der Waals surface area contributed by atoms with Crippen LogP contribution < -0.4 is 4.72 Å². The summed E-state index contributed by atoms with van der Waals surface area (Å²) in [5.74, 6) is -0.688. The smallest absolute Gasteiger partial charge is 0.274 e. The molecule has 2 rings (SSSR count). The van der Waals surface area contributed by atoms with E-state index in [9.17, 15) is 26.4 Å². The van der Waals surface area contributed by atoms with Crippen LogP contribution in [0.3, 0.4) is 0 Å². The number of hydrogen-bond acceptors (Lipinski definition) is 4. The number of carbonyl (C=O) groups is 1. The molecular weight excluding hydrogens is 363 g/mol. The van der Waals surface area contributed by atoms with Crippen molar-refractivity contribution in [3.8, 4) is 0 Å². The normalized spacial score (nSPS) is 12.1. The third-order valence-corrected chi connectivity index (χ3v) is 5.47. The lowest BCUT2D eigenvalue weighted by molar-refractivity contribution is -0.137. The summed E-state index contributed by atoms with van der Waals surface area (Å²) in [5.41, 5.74) is -0.955. The van der Waals surface area contributed by atoms with Crippen molar-refractivity contribution in [3.05, 3.63) is 52.2 Å². The molecule has 0 radical (unpaired) electrons. The van der Waals surface area contributed by atoms with Gasteiger partial charge in [-0.1, -0.05) is 6.07 Å². The zero-order valence-electron chi connectivity index (χ0n) is 12.3. The maximum Gasteiger partial charge on any atom is 0.416 e. The van der Waals surface area contributed by atoms with Gasteiger partial charge in [-0.2, -0.15) is 13.2 Å². The summed E-state index contributed by atoms with van der Waals surface area (Å²) in [6.07, 6.45) is -3.40. The second-order valence-electron chi connectivity index (χ2n) is 4.98. The first-order valence-electron chi connectivity index (χ1n) is 6.94. The average Bonchev–Trinajstić information content (AvgIpc) is 2.99. The molecule has 0 aliphatic carbocycles. The van der Waals surface area contributed by atoms with Crippen LogP contribution in [0.15, 0.2) is 46.7 Å². The molecule has 1 N–H and O–H groups in total. The van der Waals surface area contributed by atoms with Crippen molar-refractivity contribution < 1.29 is 26.4 Å². The minimum absolute atomic E-state index is 0.0117. The quantitative estimate of drug-likeness (QED) is 0.837. The highest BCUT2D eigenvalue weighted by Gasteiger charge is 2.30. The van der Waals surface area contributed by atoms with E-state index in [1.54, 1.807) is 11.3 Å². The summed E-state index contributed by atoms with van der Waals surface area (Å²) < 4.78 is 63.2. The number of sulfonamides is 1. The van der Waals surface area contributed by atoms with Gasteiger partial charge in [0.15, 0.2) is 0 Å². The molecule has 4 nitrogen and oxygen atoms in total.